The summed E-state index contributed by atoms with van der Waals surface area (Å²) in [5.41, 5.74) is 1.46. The lowest BCUT2D eigenvalue weighted by Gasteiger charge is -2.14. The van der Waals surface area contributed by atoms with E-state index in [1.54, 1.807) is 42.5 Å². The molecule has 0 aromatic heterocycles. The van der Waals surface area contributed by atoms with E-state index in [1.807, 2.05) is 13.8 Å². The van der Waals surface area contributed by atoms with E-state index in [9.17, 15) is 9.59 Å². The Hall–Kier alpha value is -2.45. The lowest BCUT2D eigenvalue weighted by atomic mass is 10.1. The molecule has 0 bridgehead atoms. The Bertz CT molecular complexity index is 889. The van der Waals surface area contributed by atoms with Crippen LogP contribution < -0.4 is 20.7 Å². The number of benzene rings is 2. The van der Waals surface area contributed by atoms with Crippen molar-refractivity contribution in [3.8, 4) is 5.75 Å². The number of rotatable bonds is 6. The van der Waals surface area contributed by atoms with Crippen LogP contribution in [-0.4, -0.2) is 30.1 Å². The number of carbonyl (C=O) groups is 2. The molecular formula is C20H22BrN3O3S. The van der Waals surface area contributed by atoms with Crippen LogP contribution in [0.5, 0.6) is 5.75 Å². The Morgan fingerprint density at radius 2 is 1.93 bits per heavy atom. The maximum atomic E-state index is 12.5. The van der Waals surface area contributed by atoms with E-state index in [1.165, 1.54) is 7.11 Å². The Balaban J connectivity index is 2.05. The monoisotopic (exact) mass is 463 g/mol. The van der Waals surface area contributed by atoms with Gasteiger partial charge in [-0.15, -0.1) is 0 Å². The third-order valence-corrected chi connectivity index (χ3v) is 4.70. The fourth-order valence-corrected chi connectivity index (χ4v) is 2.91. The zero-order chi connectivity index (χ0) is 20.7. The van der Waals surface area contributed by atoms with Crippen molar-refractivity contribution in [1.82, 2.24) is 10.6 Å². The highest BCUT2D eigenvalue weighted by Crippen LogP contribution is 2.22. The standard InChI is InChI=1S/C20H22BrN3O3S/c1-4-12(2)22-18(25)13-6-5-7-15(10-13)23-20(28)24-19(26)16-11-14(21)8-9-17(16)27-3/h5-12H,4H2,1-3H3,(H,22,25)(H2,23,24,26,28). The fraction of sp³-hybridized carbons (Fsp3) is 0.250. The normalized spacial score (nSPS) is 11.3. The summed E-state index contributed by atoms with van der Waals surface area (Å²) in [7, 11) is 1.49. The molecule has 1 unspecified atom stereocenters. The van der Waals surface area contributed by atoms with Crippen molar-refractivity contribution in [2.24, 2.45) is 0 Å². The Kier molecular flexibility index (Phi) is 7.95. The highest BCUT2D eigenvalue weighted by Gasteiger charge is 2.15. The van der Waals surface area contributed by atoms with Crippen LogP contribution in [0.15, 0.2) is 46.9 Å². The van der Waals surface area contributed by atoms with Gasteiger partial charge in [0.05, 0.1) is 12.7 Å². The van der Waals surface area contributed by atoms with Gasteiger partial charge in [-0.1, -0.05) is 28.9 Å². The molecule has 0 heterocycles. The van der Waals surface area contributed by atoms with Gasteiger partial charge in [0.25, 0.3) is 11.8 Å². The van der Waals surface area contributed by atoms with Gasteiger partial charge in [0.15, 0.2) is 5.11 Å². The molecule has 28 heavy (non-hydrogen) atoms. The molecule has 8 heteroatoms. The van der Waals surface area contributed by atoms with Crippen molar-refractivity contribution in [2.75, 3.05) is 12.4 Å². The van der Waals surface area contributed by atoms with Crippen LogP contribution in [0.2, 0.25) is 0 Å². The quantitative estimate of drug-likeness (QED) is 0.561. The van der Waals surface area contributed by atoms with Gasteiger partial charge in [-0.2, -0.15) is 0 Å². The lowest BCUT2D eigenvalue weighted by molar-refractivity contribution is 0.0937. The molecular weight excluding hydrogens is 442 g/mol. The van der Waals surface area contributed by atoms with Gasteiger partial charge in [-0.05, 0) is 62.0 Å². The van der Waals surface area contributed by atoms with E-state index >= 15 is 0 Å². The third-order valence-electron chi connectivity index (χ3n) is 4.01. The number of hydrogen-bond acceptors (Lipinski definition) is 4. The Morgan fingerprint density at radius 1 is 1.18 bits per heavy atom. The predicted molar refractivity (Wildman–Crippen MR) is 118 cm³/mol. The molecule has 0 spiro atoms. The van der Waals surface area contributed by atoms with Gasteiger partial charge in [0, 0.05) is 21.8 Å². The highest BCUT2D eigenvalue weighted by atomic mass is 79.9. The Labute approximate surface area is 178 Å². The molecule has 3 N–H and O–H groups in total. The van der Waals surface area contributed by atoms with Crippen LogP contribution in [0.3, 0.4) is 0 Å². The molecule has 0 fully saturated rings. The summed E-state index contributed by atoms with van der Waals surface area (Å²) < 4.78 is 5.96. The van der Waals surface area contributed by atoms with Crippen LogP contribution in [0.1, 0.15) is 41.0 Å². The van der Waals surface area contributed by atoms with Crippen molar-refractivity contribution in [3.63, 3.8) is 0 Å². The van der Waals surface area contributed by atoms with E-state index in [4.69, 9.17) is 17.0 Å². The molecule has 1 atom stereocenters. The van der Waals surface area contributed by atoms with Crippen molar-refractivity contribution in [2.45, 2.75) is 26.3 Å². The van der Waals surface area contributed by atoms with Gasteiger partial charge >= 0.3 is 0 Å². The van der Waals surface area contributed by atoms with Crippen LogP contribution in [0.4, 0.5) is 5.69 Å². The van der Waals surface area contributed by atoms with Crippen molar-refractivity contribution < 1.29 is 14.3 Å². The number of hydrogen-bond donors (Lipinski definition) is 3. The topological polar surface area (TPSA) is 79.5 Å². The van der Waals surface area contributed by atoms with Gasteiger partial charge in [-0.3, -0.25) is 14.9 Å². The Morgan fingerprint density at radius 3 is 2.61 bits per heavy atom. The number of amides is 2. The number of halogens is 1. The van der Waals surface area contributed by atoms with Crippen molar-refractivity contribution in [1.29, 1.82) is 0 Å². The van der Waals surface area contributed by atoms with E-state index < -0.39 is 5.91 Å². The van der Waals surface area contributed by atoms with E-state index in [0.717, 1.165) is 10.9 Å². The first-order valence-corrected chi connectivity index (χ1v) is 9.91. The first-order chi connectivity index (χ1) is 13.3. The maximum absolute atomic E-state index is 12.5. The molecule has 0 aliphatic heterocycles. The number of nitrogens with one attached hydrogen (secondary N) is 3. The number of thiocarbonyl (C=S) groups is 1. The summed E-state index contributed by atoms with van der Waals surface area (Å²) >= 11 is 8.56. The molecule has 148 valence electrons. The molecule has 0 saturated heterocycles. The first-order valence-electron chi connectivity index (χ1n) is 8.70. The number of carbonyl (C=O) groups excluding carboxylic acids is 2. The second kappa shape index (κ2) is 10.2. The van der Waals surface area contributed by atoms with Gasteiger partial charge < -0.3 is 15.4 Å². The number of anilines is 1. The third kappa shape index (κ3) is 6.03. The second-order valence-corrected chi connectivity index (χ2v) is 7.44. The van der Waals surface area contributed by atoms with E-state index in [2.05, 4.69) is 31.9 Å². The zero-order valence-corrected chi connectivity index (χ0v) is 18.2. The minimum atomic E-state index is -0.402. The SMILES string of the molecule is CCC(C)NC(=O)c1cccc(NC(=S)NC(=O)c2cc(Br)ccc2OC)c1. The summed E-state index contributed by atoms with van der Waals surface area (Å²) in [6.45, 7) is 3.95. The van der Waals surface area contributed by atoms with E-state index in [0.29, 0.717) is 22.6 Å². The molecule has 2 aromatic carbocycles. The highest BCUT2D eigenvalue weighted by molar-refractivity contribution is 9.10. The summed E-state index contributed by atoms with van der Waals surface area (Å²) in [6, 6.07) is 12.1. The minimum Gasteiger partial charge on any atom is -0.496 e. The van der Waals surface area contributed by atoms with Crippen LogP contribution >= 0.6 is 28.1 Å². The number of ether oxygens (including phenoxy) is 1. The molecule has 2 amide bonds. The summed E-state index contributed by atoms with van der Waals surface area (Å²) in [5, 5.41) is 8.57. The van der Waals surface area contributed by atoms with Gasteiger partial charge in [-0.25, -0.2) is 0 Å². The molecule has 0 aliphatic carbocycles. The van der Waals surface area contributed by atoms with Crippen molar-refractivity contribution in [3.05, 3.63) is 58.1 Å². The summed E-state index contributed by atoms with van der Waals surface area (Å²) in [5.74, 6) is -0.125. The fourth-order valence-electron chi connectivity index (χ4n) is 2.34. The largest absolute Gasteiger partial charge is 0.496 e. The average Bonchev–Trinajstić information content (AvgIpc) is 2.67. The molecule has 0 saturated carbocycles. The molecule has 2 aromatic rings. The van der Waals surface area contributed by atoms with Crippen LogP contribution in [0.25, 0.3) is 0 Å². The summed E-state index contributed by atoms with van der Waals surface area (Å²) in [6.07, 6.45) is 0.846. The molecule has 6 nitrogen and oxygen atoms in total. The average molecular weight is 464 g/mol. The van der Waals surface area contributed by atoms with Crippen LogP contribution in [0, 0.1) is 0 Å². The molecule has 0 aliphatic rings. The lowest BCUT2D eigenvalue weighted by Crippen LogP contribution is -2.34. The van der Waals surface area contributed by atoms with Gasteiger partial charge in [0.2, 0.25) is 0 Å². The van der Waals surface area contributed by atoms with Gasteiger partial charge in [0.1, 0.15) is 5.75 Å². The number of methoxy groups -OCH3 is 1. The smallest absolute Gasteiger partial charge is 0.261 e. The predicted octanol–water partition coefficient (Wildman–Crippen LogP) is 4.11. The molecule has 0 radical (unpaired) electrons. The summed E-state index contributed by atoms with van der Waals surface area (Å²) in [4.78, 5) is 24.8. The minimum absolute atomic E-state index is 0.0876. The molecule has 2 rings (SSSR count). The first kappa shape index (κ1) is 21.8. The zero-order valence-electron chi connectivity index (χ0n) is 15.8. The maximum Gasteiger partial charge on any atom is 0.261 e. The van der Waals surface area contributed by atoms with Crippen LogP contribution in [-0.2, 0) is 0 Å². The van der Waals surface area contributed by atoms with E-state index in [-0.39, 0.29) is 17.1 Å². The second-order valence-electron chi connectivity index (χ2n) is 6.12. The van der Waals surface area contributed by atoms with Crippen molar-refractivity contribution >= 4 is 50.8 Å².